The summed E-state index contributed by atoms with van der Waals surface area (Å²) in [7, 11) is 1.66. The first-order valence-corrected chi connectivity index (χ1v) is 10.3. The lowest BCUT2D eigenvalue weighted by Crippen LogP contribution is -2.38. The maximum Gasteiger partial charge on any atom is 0.271 e. The van der Waals surface area contributed by atoms with Gasteiger partial charge in [-0.05, 0) is 11.6 Å². The summed E-state index contributed by atoms with van der Waals surface area (Å²) in [5.41, 5.74) is 1.71. The number of fused-ring (bicyclic) bond motifs is 1. The van der Waals surface area contributed by atoms with Crippen molar-refractivity contribution in [3.63, 3.8) is 0 Å². The van der Waals surface area contributed by atoms with Crippen LogP contribution in [-0.4, -0.2) is 55.8 Å². The van der Waals surface area contributed by atoms with Crippen molar-refractivity contribution in [2.45, 2.75) is 6.04 Å². The van der Waals surface area contributed by atoms with Gasteiger partial charge in [0, 0.05) is 56.3 Å². The van der Waals surface area contributed by atoms with E-state index in [9.17, 15) is 14.4 Å². The Kier molecular flexibility index (Phi) is 4.69. The summed E-state index contributed by atoms with van der Waals surface area (Å²) in [6.07, 6.45) is 4.66. The number of imidazole rings is 1. The number of pyridine rings is 1. The molecule has 3 aromatic rings. The molecular formula is C23H23N5O3. The highest BCUT2D eigenvalue weighted by Gasteiger charge is 2.50. The molecule has 5 rings (SSSR count). The summed E-state index contributed by atoms with van der Waals surface area (Å²) in [5, 5.41) is 0. The van der Waals surface area contributed by atoms with Gasteiger partial charge in [0.25, 0.3) is 17.4 Å². The Morgan fingerprint density at radius 1 is 1.06 bits per heavy atom. The van der Waals surface area contributed by atoms with E-state index in [1.54, 1.807) is 19.3 Å². The number of carbonyl (C=O) groups is 2. The third-order valence-corrected chi connectivity index (χ3v) is 6.43. The van der Waals surface area contributed by atoms with E-state index in [4.69, 9.17) is 0 Å². The standard InChI is InChI=1S/C23H23N5O3/c1-26-8-7-16(9-20(26)29)22(30)28-12-17-11-27(23(31)19-10-24-14-25-19)13-18(17)21(28)15-5-3-2-4-6-15/h2-10,14,17-18,21H,11-13H2,1H3,(H,24,25)/t17-,18-,21-/m0/s1. The van der Waals surface area contributed by atoms with Crippen LogP contribution in [0.3, 0.4) is 0 Å². The Bertz CT molecular complexity index is 1170. The minimum absolute atomic E-state index is 0.0665. The van der Waals surface area contributed by atoms with E-state index in [1.165, 1.54) is 23.2 Å². The maximum atomic E-state index is 13.4. The summed E-state index contributed by atoms with van der Waals surface area (Å²) in [6, 6.07) is 12.9. The largest absolute Gasteiger partial charge is 0.341 e. The van der Waals surface area contributed by atoms with Crippen molar-refractivity contribution < 1.29 is 9.59 Å². The summed E-state index contributed by atoms with van der Waals surface area (Å²) in [6.45, 7) is 1.71. The van der Waals surface area contributed by atoms with E-state index in [-0.39, 0.29) is 35.3 Å². The molecule has 31 heavy (non-hydrogen) atoms. The van der Waals surface area contributed by atoms with Gasteiger partial charge in [-0.3, -0.25) is 14.4 Å². The maximum absolute atomic E-state index is 13.4. The first-order valence-electron chi connectivity index (χ1n) is 10.3. The van der Waals surface area contributed by atoms with Crippen molar-refractivity contribution in [2.75, 3.05) is 19.6 Å². The molecule has 8 nitrogen and oxygen atoms in total. The number of H-pyrrole nitrogens is 1. The van der Waals surface area contributed by atoms with Crippen LogP contribution in [0.25, 0.3) is 0 Å². The summed E-state index contributed by atoms with van der Waals surface area (Å²) in [5.74, 6) is 0.0906. The molecule has 0 spiro atoms. The second kappa shape index (κ2) is 7.54. The van der Waals surface area contributed by atoms with Crippen molar-refractivity contribution in [3.05, 3.63) is 88.4 Å². The van der Waals surface area contributed by atoms with E-state index in [2.05, 4.69) is 9.97 Å². The SMILES string of the molecule is Cn1ccc(C(=O)N2C[C@@H]3CN(C(=O)c4cnc[nH]4)C[C@@H]3[C@@H]2c2ccccc2)cc1=O. The molecule has 2 aliphatic heterocycles. The smallest absolute Gasteiger partial charge is 0.271 e. The zero-order valence-corrected chi connectivity index (χ0v) is 17.1. The van der Waals surface area contributed by atoms with E-state index in [1.807, 2.05) is 40.1 Å². The van der Waals surface area contributed by atoms with E-state index in [0.717, 1.165) is 5.56 Å². The van der Waals surface area contributed by atoms with Crippen molar-refractivity contribution in [3.8, 4) is 0 Å². The van der Waals surface area contributed by atoms with Crippen molar-refractivity contribution in [1.82, 2.24) is 24.3 Å². The highest BCUT2D eigenvalue weighted by Crippen LogP contribution is 2.45. The predicted molar refractivity (Wildman–Crippen MR) is 113 cm³/mol. The molecule has 2 fully saturated rings. The fourth-order valence-electron chi connectivity index (χ4n) is 4.89. The van der Waals surface area contributed by atoms with Crippen molar-refractivity contribution in [2.24, 2.45) is 18.9 Å². The van der Waals surface area contributed by atoms with E-state index >= 15 is 0 Å². The molecule has 4 heterocycles. The zero-order chi connectivity index (χ0) is 21.5. The molecule has 158 valence electrons. The van der Waals surface area contributed by atoms with Crippen LogP contribution in [0.1, 0.15) is 32.5 Å². The fraction of sp³-hybridized carbons (Fsp3) is 0.304. The van der Waals surface area contributed by atoms with Crippen LogP contribution in [-0.2, 0) is 7.05 Å². The van der Waals surface area contributed by atoms with Gasteiger partial charge in [-0.1, -0.05) is 30.3 Å². The quantitative estimate of drug-likeness (QED) is 0.702. The van der Waals surface area contributed by atoms with Crippen molar-refractivity contribution >= 4 is 11.8 Å². The number of aromatic nitrogens is 3. The van der Waals surface area contributed by atoms with Gasteiger partial charge in [0.1, 0.15) is 5.69 Å². The molecule has 2 aliphatic rings. The van der Waals surface area contributed by atoms with Gasteiger partial charge in [-0.15, -0.1) is 0 Å². The molecule has 2 amide bonds. The average Bonchev–Trinajstić information content (AvgIpc) is 3.51. The summed E-state index contributed by atoms with van der Waals surface area (Å²) >= 11 is 0. The van der Waals surface area contributed by atoms with Gasteiger partial charge in [-0.2, -0.15) is 0 Å². The van der Waals surface area contributed by atoms with E-state index < -0.39 is 0 Å². The predicted octanol–water partition coefficient (Wildman–Crippen LogP) is 1.69. The number of amides is 2. The van der Waals surface area contributed by atoms with Gasteiger partial charge < -0.3 is 19.4 Å². The number of likely N-dealkylation sites (tertiary alicyclic amines) is 2. The van der Waals surface area contributed by atoms with Gasteiger partial charge in [-0.25, -0.2) is 4.98 Å². The number of nitrogens with one attached hydrogen (secondary N) is 1. The first-order chi connectivity index (χ1) is 15.0. The van der Waals surface area contributed by atoms with Crippen LogP contribution < -0.4 is 5.56 Å². The third-order valence-electron chi connectivity index (χ3n) is 6.43. The normalized spacial score (nSPS) is 22.5. The Hall–Kier alpha value is -3.68. The molecule has 0 unspecified atom stereocenters. The third kappa shape index (κ3) is 3.34. The molecule has 2 saturated heterocycles. The van der Waals surface area contributed by atoms with Gasteiger partial charge in [0.2, 0.25) is 0 Å². The van der Waals surface area contributed by atoms with Crippen LogP contribution in [0, 0.1) is 11.8 Å². The van der Waals surface area contributed by atoms with Crippen LogP contribution in [0.5, 0.6) is 0 Å². The second-order valence-corrected chi connectivity index (χ2v) is 8.28. The number of hydrogen-bond donors (Lipinski definition) is 1. The molecule has 1 aromatic carbocycles. The first kappa shape index (κ1) is 19.3. The molecule has 0 radical (unpaired) electrons. The molecule has 3 atom stereocenters. The van der Waals surface area contributed by atoms with Gasteiger partial charge >= 0.3 is 0 Å². The minimum Gasteiger partial charge on any atom is -0.341 e. The summed E-state index contributed by atoms with van der Waals surface area (Å²) < 4.78 is 1.45. The number of benzene rings is 1. The highest BCUT2D eigenvalue weighted by molar-refractivity contribution is 5.95. The number of carbonyl (C=O) groups excluding carboxylic acids is 2. The minimum atomic E-state index is -0.210. The lowest BCUT2D eigenvalue weighted by molar-refractivity contribution is 0.0675. The molecule has 0 bridgehead atoms. The van der Waals surface area contributed by atoms with Gasteiger partial charge in [0.05, 0.1) is 18.6 Å². The molecule has 0 aliphatic carbocycles. The number of aromatic amines is 1. The summed E-state index contributed by atoms with van der Waals surface area (Å²) in [4.78, 5) is 48.9. The van der Waals surface area contributed by atoms with E-state index in [0.29, 0.717) is 30.9 Å². The lowest BCUT2D eigenvalue weighted by Gasteiger charge is -2.30. The number of rotatable bonds is 3. The van der Waals surface area contributed by atoms with Gasteiger partial charge in [0.15, 0.2) is 0 Å². The lowest BCUT2D eigenvalue weighted by atomic mass is 9.89. The highest BCUT2D eigenvalue weighted by atomic mass is 16.2. The molecule has 8 heteroatoms. The Morgan fingerprint density at radius 3 is 2.58 bits per heavy atom. The molecular weight excluding hydrogens is 394 g/mol. The Balaban J connectivity index is 1.45. The van der Waals surface area contributed by atoms with Crippen molar-refractivity contribution in [1.29, 1.82) is 0 Å². The monoisotopic (exact) mass is 417 g/mol. The topological polar surface area (TPSA) is 91.3 Å². The van der Waals surface area contributed by atoms with Crippen LogP contribution in [0.4, 0.5) is 0 Å². The van der Waals surface area contributed by atoms with Crippen LogP contribution in [0.2, 0.25) is 0 Å². The molecule has 2 aromatic heterocycles. The molecule has 0 saturated carbocycles. The molecule has 1 N–H and O–H groups in total. The number of hydrogen-bond acceptors (Lipinski definition) is 4. The Morgan fingerprint density at radius 2 is 1.87 bits per heavy atom. The fourth-order valence-corrected chi connectivity index (χ4v) is 4.89. The average molecular weight is 417 g/mol. The number of nitrogens with zero attached hydrogens (tertiary/aromatic N) is 4. The van der Waals surface area contributed by atoms with Crippen LogP contribution >= 0.6 is 0 Å². The Labute approximate surface area is 179 Å². The van der Waals surface area contributed by atoms with Crippen LogP contribution in [0.15, 0.2) is 66.0 Å². The second-order valence-electron chi connectivity index (χ2n) is 8.28. The number of aryl methyl sites for hydroxylation is 1. The zero-order valence-electron chi connectivity index (χ0n) is 17.1.